The zero-order valence-electron chi connectivity index (χ0n) is 33.9. The van der Waals surface area contributed by atoms with Gasteiger partial charge in [0.2, 0.25) is 0 Å². The predicted octanol–water partition coefficient (Wildman–Crippen LogP) is 12.0. The summed E-state index contributed by atoms with van der Waals surface area (Å²) in [5.74, 6) is 0. The largest absolute Gasteiger partial charge is 0.455 e. The van der Waals surface area contributed by atoms with Crippen molar-refractivity contribution in [3.05, 3.63) is 249 Å². The van der Waals surface area contributed by atoms with Crippen LogP contribution >= 0.6 is 0 Å². The summed E-state index contributed by atoms with van der Waals surface area (Å²) < 4.78 is 8.29. The summed E-state index contributed by atoms with van der Waals surface area (Å²) in [5.41, 5.74) is 10.5. The number of rotatable bonds is 10. The fourth-order valence-electron chi connectivity index (χ4n) is 9.17. The molecule has 294 valence electrons. The zero-order chi connectivity index (χ0) is 41.3. The van der Waals surface area contributed by atoms with E-state index >= 15 is 0 Å². The molecule has 11 rings (SSSR count). The molecule has 0 fully saturated rings. The molecule has 0 spiro atoms. The molecule has 2 aromatic heterocycles. The number of para-hydroxylation sites is 2. The Hall–Kier alpha value is -7.99. The third kappa shape index (κ3) is 6.52. The molecule has 0 unspecified atom stereocenters. The molecular formula is C57H41N3OSi. The van der Waals surface area contributed by atoms with Crippen LogP contribution < -0.4 is 25.6 Å². The van der Waals surface area contributed by atoms with Crippen LogP contribution in [-0.2, 0) is 0 Å². The SMILES string of the molecule is c1ccc([Si](c2ccccc2)(c2ccccc2)c2ccc(-c3ccc(N(c4ccc(-c5cccc6c5oc5ccccc56)cc4)c4ccc(-n5cccn5)cc4)cc3)cc2)cc1. The van der Waals surface area contributed by atoms with Crippen LogP contribution in [0.2, 0.25) is 0 Å². The Morgan fingerprint density at radius 2 is 0.855 bits per heavy atom. The molecule has 62 heavy (non-hydrogen) atoms. The van der Waals surface area contributed by atoms with Crippen molar-refractivity contribution >= 4 is 67.8 Å². The van der Waals surface area contributed by atoms with Gasteiger partial charge in [0.05, 0.1) is 5.69 Å². The highest BCUT2D eigenvalue weighted by atomic mass is 28.3. The van der Waals surface area contributed by atoms with E-state index in [2.05, 4.69) is 228 Å². The van der Waals surface area contributed by atoms with Crippen molar-refractivity contribution in [3.8, 4) is 27.9 Å². The lowest BCUT2D eigenvalue weighted by atomic mass is 10.0. The van der Waals surface area contributed by atoms with E-state index in [4.69, 9.17) is 4.42 Å². The number of benzene rings is 9. The quantitative estimate of drug-likeness (QED) is 0.102. The second-order valence-corrected chi connectivity index (χ2v) is 19.4. The monoisotopic (exact) mass is 811 g/mol. The van der Waals surface area contributed by atoms with E-state index in [1.54, 1.807) is 6.20 Å². The number of nitrogens with zero attached hydrogens (tertiary/aromatic N) is 3. The van der Waals surface area contributed by atoms with Crippen LogP contribution in [0.3, 0.4) is 0 Å². The van der Waals surface area contributed by atoms with E-state index in [0.29, 0.717) is 0 Å². The molecule has 0 aliphatic rings. The van der Waals surface area contributed by atoms with Crippen molar-refractivity contribution in [2.75, 3.05) is 4.90 Å². The van der Waals surface area contributed by atoms with Crippen LogP contribution in [0.25, 0.3) is 49.9 Å². The van der Waals surface area contributed by atoms with Gasteiger partial charge in [0, 0.05) is 45.8 Å². The Bertz CT molecular complexity index is 3140. The molecule has 0 saturated carbocycles. The van der Waals surface area contributed by atoms with Gasteiger partial charge in [-0.05, 0) is 98.1 Å². The second-order valence-electron chi connectivity index (χ2n) is 15.6. The fourth-order valence-corrected chi connectivity index (χ4v) is 13.9. The molecule has 0 amide bonds. The van der Waals surface area contributed by atoms with Gasteiger partial charge in [-0.25, -0.2) is 4.68 Å². The van der Waals surface area contributed by atoms with Gasteiger partial charge in [-0.1, -0.05) is 176 Å². The molecule has 0 aliphatic heterocycles. The van der Waals surface area contributed by atoms with Gasteiger partial charge < -0.3 is 9.32 Å². The molecule has 0 bridgehead atoms. The van der Waals surface area contributed by atoms with E-state index in [-0.39, 0.29) is 0 Å². The number of aromatic nitrogens is 2. The van der Waals surface area contributed by atoms with Gasteiger partial charge in [-0.3, -0.25) is 0 Å². The molecule has 2 heterocycles. The Morgan fingerprint density at radius 3 is 1.40 bits per heavy atom. The van der Waals surface area contributed by atoms with E-state index < -0.39 is 8.07 Å². The molecule has 0 N–H and O–H groups in total. The van der Waals surface area contributed by atoms with Crippen molar-refractivity contribution in [1.29, 1.82) is 0 Å². The lowest BCUT2D eigenvalue weighted by molar-refractivity contribution is 0.670. The minimum Gasteiger partial charge on any atom is -0.455 e. The van der Waals surface area contributed by atoms with E-state index in [1.807, 2.05) is 29.1 Å². The normalized spacial score (nSPS) is 11.5. The van der Waals surface area contributed by atoms with Crippen LogP contribution in [0, 0.1) is 0 Å². The Kier molecular flexibility index (Phi) is 9.49. The first kappa shape index (κ1) is 37.0. The van der Waals surface area contributed by atoms with Crippen molar-refractivity contribution in [1.82, 2.24) is 9.78 Å². The number of fused-ring (bicyclic) bond motifs is 3. The molecular weight excluding hydrogens is 771 g/mol. The van der Waals surface area contributed by atoms with Crippen LogP contribution in [0.1, 0.15) is 0 Å². The van der Waals surface area contributed by atoms with Crippen LogP contribution in [-0.4, -0.2) is 17.9 Å². The first-order valence-corrected chi connectivity index (χ1v) is 23.0. The highest BCUT2D eigenvalue weighted by Gasteiger charge is 2.41. The third-order valence-electron chi connectivity index (χ3n) is 12.1. The average molecular weight is 812 g/mol. The first-order chi connectivity index (χ1) is 30.7. The van der Waals surface area contributed by atoms with Gasteiger partial charge >= 0.3 is 0 Å². The van der Waals surface area contributed by atoms with Crippen molar-refractivity contribution in [3.63, 3.8) is 0 Å². The van der Waals surface area contributed by atoms with Gasteiger partial charge in [0.25, 0.3) is 0 Å². The Morgan fingerprint density at radius 1 is 0.387 bits per heavy atom. The van der Waals surface area contributed by atoms with Gasteiger partial charge in [-0.2, -0.15) is 5.10 Å². The summed E-state index contributed by atoms with van der Waals surface area (Å²) in [7, 11) is -2.61. The smallest absolute Gasteiger partial charge is 0.179 e. The van der Waals surface area contributed by atoms with E-state index in [0.717, 1.165) is 61.4 Å². The molecule has 9 aromatic carbocycles. The van der Waals surface area contributed by atoms with Gasteiger partial charge in [0.1, 0.15) is 11.2 Å². The van der Waals surface area contributed by atoms with Crippen LogP contribution in [0.4, 0.5) is 17.1 Å². The zero-order valence-corrected chi connectivity index (χ0v) is 34.9. The molecule has 0 aliphatic carbocycles. The summed E-state index contributed by atoms with van der Waals surface area (Å²) in [4.78, 5) is 2.31. The van der Waals surface area contributed by atoms with Crippen molar-refractivity contribution < 1.29 is 4.42 Å². The van der Waals surface area contributed by atoms with Gasteiger partial charge in [-0.15, -0.1) is 0 Å². The fraction of sp³-hybridized carbons (Fsp3) is 0. The summed E-state index contributed by atoms with van der Waals surface area (Å²) in [6.45, 7) is 0. The summed E-state index contributed by atoms with van der Waals surface area (Å²) >= 11 is 0. The Balaban J connectivity index is 0.959. The molecule has 4 nitrogen and oxygen atoms in total. The third-order valence-corrected chi connectivity index (χ3v) is 16.9. The van der Waals surface area contributed by atoms with E-state index in [9.17, 15) is 0 Å². The topological polar surface area (TPSA) is 34.2 Å². The summed E-state index contributed by atoms with van der Waals surface area (Å²) in [5, 5.41) is 12.2. The number of hydrogen-bond donors (Lipinski definition) is 0. The van der Waals surface area contributed by atoms with E-state index in [1.165, 1.54) is 26.3 Å². The van der Waals surface area contributed by atoms with Crippen molar-refractivity contribution in [2.24, 2.45) is 0 Å². The molecule has 0 saturated heterocycles. The maximum atomic E-state index is 6.41. The van der Waals surface area contributed by atoms with Crippen LogP contribution in [0.15, 0.2) is 253 Å². The standard InChI is InChI=1S/C57H41N3OSi/c1-4-14-49(15-5-1)62(50-16-6-2-7-17-50,51-18-8-3-9-19-51)52-38-28-43(29-39-52)42-24-30-46(31-25-42)60(48-36-34-45(35-37-48)59-41-13-40-58-59)47-32-26-44(27-33-47)53-21-12-22-55-54-20-10-11-23-56(54)61-57(53)55/h1-41H. The molecule has 11 aromatic rings. The summed E-state index contributed by atoms with van der Waals surface area (Å²) in [6, 6.07) is 85.4. The van der Waals surface area contributed by atoms with Crippen molar-refractivity contribution in [2.45, 2.75) is 0 Å². The number of hydrogen-bond acceptors (Lipinski definition) is 3. The summed E-state index contributed by atoms with van der Waals surface area (Å²) in [6.07, 6.45) is 3.77. The Labute approximate surface area is 362 Å². The predicted molar refractivity (Wildman–Crippen MR) is 260 cm³/mol. The lowest BCUT2D eigenvalue weighted by Gasteiger charge is -2.34. The first-order valence-electron chi connectivity index (χ1n) is 21.0. The maximum absolute atomic E-state index is 6.41. The highest BCUT2D eigenvalue weighted by Crippen LogP contribution is 2.39. The number of furan rings is 1. The maximum Gasteiger partial charge on any atom is 0.179 e. The lowest BCUT2D eigenvalue weighted by Crippen LogP contribution is -2.74. The molecule has 0 radical (unpaired) electrons. The average Bonchev–Trinajstić information content (AvgIpc) is 4.04. The second kappa shape index (κ2) is 15.9. The highest BCUT2D eigenvalue weighted by molar-refractivity contribution is 7.19. The number of anilines is 3. The molecule has 5 heteroatoms. The van der Waals surface area contributed by atoms with Crippen LogP contribution in [0.5, 0.6) is 0 Å². The minimum atomic E-state index is -2.61. The van der Waals surface area contributed by atoms with Gasteiger partial charge in [0.15, 0.2) is 8.07 Å². The minimum absolute atomic E-state index is 0.900. The molecule has 0 atom stereocenters.